The molecule has 0 amide bonds. The van der Waals surface area contributed by atoms with Gasteiger partial charge in [-0.25, -0.2) is 0 Å². The molecule has 1 aliphatic rings. The molecule has 1 rings (SSSR count). The lowest BCUT2D eigenvalue weighted by Gasteiger charge is -2.29. The molecule has 0 radical (unpaired) electrons. The number of ether oxygens (including phenoxy) is 1. The van der Waals surface area contributed by atoms with Crippen molar-refractivity contribution in [2.75, 3.05) is 7.11 Å². The van der Waals surface area contributed by atoms with Crippen molar-refractivity contribution in [3.8, 4) is 0 Å². The molecule has 1 aliphatic carbocycles. The third kappa shape index (κ3) is 6.21. The van der Waals surface area contributed by atoms with Crippen molar-refractivity contribution < 1.29 is 9.53 Å². The van der Waals surface area contributed by atoms with Crippen LogP contribution in [0.3, 0.4) is 0 Å². The summed E-state index contributed by atoms with van der Waals surface area (Å²) in [6, 6.07) is 0. The summed E-state index contributed by atoms with van der Waals surface area (Å²) >= 11 is 0. The summed E-state index contributed by atoms with van der Waals surface area (Å²) in [4.78, 5) is 11.8. The maximum absolute atomic E-state index is 11.8. The molecule has 124 valence electrons. The van der Waals surface area contributed by atoms with E-state index in [-0.39, 0.29) is 11.4 Å². The minimum absolute atomic E-state index is 0.0715. The van der Waals surface area contributed by atoms with E-state index in [2.05, 4.69) is 39.0 Å². The summed E-state index contributed by atoms with van der Waals surface area (Å²) in [5, 5.41) is 0. The highest BCUT2D eigenvalue weighted by atomic mass is 16.5. The lowest BCUT2D eigenvalue weighted by atomic mass is 9.76. The Morgan fingerprint density at radius 3 is 2.55 bits per heavy atom. The lowest BCUT2D eigenvalue weighted by Crippen LogP contribution is -2.30. The summed E-state index contributed by atoms with van der Waals surface area (Å²) in [5.74, 6) is -0.0715. The Morgan fingerprint density at radius 1 is 1.27 bits per heavy atom. The number of carbonyl (C=O) groups is 1. The fourth-order valence-corrected chi connectivity index (χ4v) is 2.86. The molecule has 0 bridgehead atoms. The first-order valence-corrected chi connectivity index (χ1v) is 8.43. The number of hydrogen-bond donors (Lipinski definition) is 0. The van der Waals surface area contributed by atoms with Crippen LogP contribution in [0, 0.1) is 5.41 Å². The third-order valence-electron chi connectivity index (χ3n) is 4.57. The van der Waals surface area contributed by atoms with Gasteiger partial charge >= 0.3 is 5.97 Å². The molecule has 0 heterocycles. The fraction of sp³-hybridized carbons (Fsp3) is 0.650. The Balaban J connectivity index is 2.37. The van der Waals surface area contributed by atoms with Gasteiger partial charge in [0.15, 0.2) is 0 Å². The average molecular weight is 304 g/mol. The van der Waals surface area contributed by atoms with Crippen LogP contribution in [0.5, 0.6) is 0 Å². The zero-order valence-corrected chi connectivity index (χ0v) is 15.0. The highest BCUT2D eigenvalue weighted by Crippen LogP contribution is 2.37. The van der Waals surface area contributed by atoms with E-state index in [1.54, 1.807) is 0 Å². The van der Waals surface area contributed by atoms with E-state index in [4.69, 9.17) is 4.74 Å². The van der Waals surface area contributed by atoms with Gasteiger partial charge in [-0.1, -0.05) is 34.9 Å². The Morgan fingerprint density at radius 2 is 2.00 bits per heavy atom. The van der Waals surface area contributed by atoms with E-state index >= 15 is 0 Å². The number of carbonyl (C=O) groups excluding carboxylic acids is 1. The standard InChI is InChI=1S/C20H32O2/c1-16(2)8-6-9-17(3)10-7-11-18-12-14-20(4,15-13-18)19(21)22-5/h8,10,12H,6-7,9,11,13-15H2,1-5H3/b17-10+. The van der Waals surface area contributed by atoms with Crippen molar-refractivity contribution in [3.63, 3.8) is 0 Å². The quantitative estimate of drug-likeness (QED) is 0.442. The zero-order valence-electron chi connectivity index (χ0n) is 15.0. The topological polar surface area (TPSA) is 26.3 Å². The van der Waals surface area contributed by atoms with Crippen LogP contribution in [0.2, 0.25) is 0 Å². The van der Waals surface area contributed by atoms with E-state index in [0.717, 1.165) is 44.9 Å². The van der Waals surface area contributed by atoms with Gasteiger partial charge in [-0.2, -0.15) is 0 Å². The molecule has 0 N–H and O–H groups in total. The molecule has 0 aliphatic heterocycles. The SMILES string of the molecule is COC(=O)C1(C)CC=C(CC/C=C(\C)CCC=C(C)C)CC1. The molecular weight excluding hydrogens is 272 g/mol. The molecule has 0 saturated carbocycles. The van der Waals surface area contributed by atoms with Crippen LogP contribution in [-0.2, 0) is 9.53 Å². The molecule has 0 aromatic heterocycles. The molecule has 0 aromatic carbocycles. The summed E-state index contributed by atoms with van der Waals surface area (Å²) in [6.45, 7) is 8.54. The van der Waals surface area contributed by atoms with E-state index in [0.29, 0.717) is 0 Å². The van der Waals surface area contributed by atoms with Gasteiger partial charge in [-0.05, 0) is 72.6 Å². The number of hydrogen-bond acceptors (Lipinski definition) is 2. The molecule has 1 unspecified atom stereocenters. The zero-order chi connectivity index (χ0) is 16.6. The summed E-state index contributed by atoms with van der Waals surface area (Å²) in [7, 11) is 1.48. The van der Waals surface area contributed by atoms with Gasteiger partial charge in [0.25, 0.3) is 0 Å². The molecule has 2 heteroatoms. The first-order valence-electron chi connectivity index (χ1n) is 8.43. The van der Waals surface area contributed by atoms with E-state index in [1.807, 2.05) is 6.92 Å². The van der Waals surface area contributed by atoms with Crippen molar-refractivity contribution in [2.45, 2.75) is 72.6 Å². The second-order valence-corrected chi connectivity index (χ2v) is 7.03. The van der Waals surface area contributed by atoms with Crippen LogP contribution >= 0.6 is 0 Å². The maximum atomic E-state index is 11.8. The molecule has 0 aromatic rings. The van der Waals surface area contributed by atoms with E-state index in [9.17, 15) is 4.79 Å². The van der Waals surface area contributed by atoms with Gasteiger partial charge in [0.1, 0.15) is 0 Å². The van der Waals surface area contributed by atoms with Crippen molar-refractivity contribution in [1.29, 1.82) is 0 Å². The van der Waals surface area contributed by atoms with Gasteiger partial charge in [0, 0.05) is 0 Å². The van der Waals surface area contributed by atoms with Gasteiger partial charge in [-0.15, -0.1) is 0 Å². The minimum atomic E-state index is -0.311. The summed E-state index contributed by atoms with van der Waals surface area (Å²) in [6.07, 6.45) is 14.2. The molecule has 1 atom stereocenters. The molecule has 0 saturated heterocycles. The number of methoxy groups -OCH3 is 1. The first kappa shape index (κ1) is 18.7. The molecule has 2 nitrogen and oxygen atoms in total. The van der Waals surface area contributed by atoms with Crippen LogP contribution in [0.15, 0.2) is 34.9 Å². The normalized spacial score (nSPS) is 22.0. The maximum Gasteiger partial charge on any atom is 0.311 e. The number of allylic oxidation sites excluding steroid dienone is 6. The van der Waals surface area contributed by atoms with Crippen LogP contribution in [-0.4, -0.2) is 13.1 Å². The molecule has 0 fully saturated rings. The van der Waals surface area contributed by atoms with Gasteiger partial charge < -0.3 is 4.74 Å². The smallest absolute Gasteiger partial charge is 0.311 e. The van der Waals surface area contributed by atoms with Crippen LogP contribution < -0.4 is 0 Å². The fourth-order valence-electron chi connectivity index (χ4n) is 2.86. The van der Waals surface area contributed by atoms with E-state index < -0.39 is 0 Å². The second-order valence-electron chi connectivity index (χ2n) is 7.03. The van der Waals surface area contributed by atoms with Gasteiger partial charge in [0.05, 0.1) is 12.5 Å². The van der Waals surface area contributed by atoms with Crippen LogP contribution in [0.4, 0.5) is 0 Å². The lowest BCUT2D eigenvalue weighted by molar-refractivity contribution is -0.152. The highest BCUT2D eigenvalue weighted by molar-refractivity contribution is 5.76. The predicted octanol–water partition coefficient (Wildman–Crippen LogP) is 5.75. The third-order valence-corrected chi connectivity index (χ3v) is 4.57. The summed E-state index contributed by atoms with van der Waals surface area (Å²) in [5.41, 5.74) is 4.06. The first-order chi connectivity index (χ1) is 10.4. The second kappa shape index (κ2) is 8.97. The Bertz CT molecular complexity index is 464. The molecular formula is C20H32O2. The largest absolute Gasteiger partial charge is 0.469 e. The van der Waals surface area contributed by atoms with Crippen LogP contribution in [0.25, 0.3) is 0 Å². The average Bonchev–Trinajstić information content (AvgIpc) is 2.48. The van der Waals surface area contributed by atoms with Crippen molar-refractivity contribution in [3.05, 3.63) is 34.9 Å². The number of esters is 1. The van der Waals surface area contributed by atoms with Crippen molar-refractivity contribution in [1.82, 2.24) is 0 Å². The monoisotopic (exact) mass is 304 g/mol. The Hall–Kier alpha value is -1.31. The van der Waals surface area contributed by atoms with E-state index in [1.165, 1.54) is 23.8 Å². The molecule has 22 heavy (non-hydrogen) atoms. The van der Waals surface area contributed by atoms with Crippen molar-refractivity contribution in [2.24, 2.45) is 5.41 Å². The summed E-state index contributed by atoms with van der Waals surface area (Å²) < 4.78 is 4.91. The predicted molar refractivity (Wildman–Crippen MR) is 93.7 cm³/mol. The molecule has 0 spiro atoms. The Labute approximate surface area is 136 Å². The van der Waals surface area contributed by atoms with Crippen molar-refractivity contribution >= 4 is 5.97 Å². The minimum Gasteiger partial charge on any atom is -0.469 e. The van der Waals surface area contributed by atoms with Crippen LogP contribution in [0.1, 0.15) is 72.6 Å². The number of rotatable bonds is 7. The van der Waals surface area contributed by atoms with Gasteiger partial charge in [-0.3, -0.25) is 4.79 Å². The highest BCUT2D eigenvalue weighted by Gasteiger charge is 2.35. The Kier molecular flexibility index (Phi) is 7.64. The van der Waals surface area contributed by atoms with Gasteiger partial charge in [0.2, 0.25) is 0 Å².